The molecule has 106 valence electrons. The number of aryl methyl sites for hydroxylation is 1. The van der Waals surface area contributed by atoms with Crippen molar-refractivity contribution in [3.05, 3.63) is 28.5 Å². The van der Waals surface area contributed by atoms with E-state index in [4.69, 9.17) is 16.0 Å². The molecule has 2 rings (SSSR count). The minimum atomic E-state index is -1.74. The molecule has 2 nitrogen and oxygen atoms in total. The molecule has 1 aliphatic rings. The van der Waals surface area contributed by atoms with E-state index in [1.807, 2.05) is 6.07 Å². The van der Waals surface area contributed by atoms with Crippen LogP contribution in [0, 0.1) is 0 Å². The lowest BCUT2D eigenvalue weighted by Gasteiger charge is -2.40. The highest BCUT2D eigenvalue weighted by Gasteiger charge is 2.40. The van der Waals surface area contributed by atoms with Crippen LogP contribution in [0.3, 0.4) is 0 Å². The number of halogens is 1. The van der Waals surface area contributed by atoms with Crippen LogP contribution in [-0.2, 0) is 10.8 Å². The van der Waals surface area contributed by atoms with E-state index < -0.39 is 8.32 Å². The number of hydrogen-bond donors (Lipinski definition) is 0. The monoisotopic (exact) mass is 297 g/mol. The van der Waals surface area contributed by atoms with E-state index in [1.54, 1.807) is 0 Å². The van der Waals surface area contributed by atoms with Crippen molar-refractivity contribution >= 4 is 19.9 Å². The summed E-state index contributed by atoms with van der Waals surface area (Å²) in [4.78, 5) is 4.46. The van der Waals surface area contributed by atoms with E-state index in [-0.39, 0.29) is 11.1 Å². The van der Waals surface area contributed by atoms with Crippen molar-refractivity contribution in [2.45, 2.75) is 64.3 Å². The highest BCUT2D eigenvalue weighted by molar-refractivity contribution is 6.74. The minimum Gasteiger partial charge on any atom is -0.410 e. The van der Waals surface area contributed by atoms with Crippen molar-refractivity contribution in [3.63, 3.8) is 0 Å². The summed E-state index contributed by atoms with van der Waals surface area (Å²) in [6.07, 6.45) is 3.46. The Labute approximate surface area is 122 Å². The third kappa shape index (κ3) is 3.20. The topological polar surface area (TPSA) is 22.1 Å². The summed E-state index contributed by atoms with van der Waals surface area (Å²) < 4.78 is 6.57. The number of hydrogen-bond acceptors (Lipinski definition) is 2. The van der Waals surface area contributed by atoms with Crippen LogP contribution in [0.4, 0.5) is 0 Å². The van der Waals surface area contributed by atoms with E-state index >= 15 is 0 Å². The van der Waals surface area contributed by atoms with E-state index in [9.17, 15) is 0 Å². The van der Waals surface area contributed by atoms with Crippen molar-refractivity contribution in [2.24, 2.45) is 0 Å². The van der Waals surface area contributed by atoms with Gasteiger partial charge in [0.05, 0.1) is 6.10 Å². The number of rotatable bonds is 2. The summed E-state index contributed by atoms with van der Waals surface area (Å²) >= 11 is 5.99. The summed E-state index contributed by atoms with van der Waals surface area (Å²) in [6, 6.07) is 3.98. The third-order valence-electron chi connectivity index (χ3n) is 4.45. The van der Waals surface area contributed by atoms with Gasteiger partial charge in [0, 0.05) is 11.3 Å². The van der Waals surface area contributed by atoms with Crippen LogP contribution in [0.2, 0.25) is 23.3 Å². The lowest BCUT2D eigenvalue weighted by Crippen LogP contribution is -2.42. The van der Waals surface area contributed by atoms with Crippen molar-refractivity contribution in [1.82, 2.24) is 4.98 Å². The number of fused-ring (bicyclic) bond motifs is 1. The Morgan fingerprint density at radius 3 is 2.63 bits per heavy atom. The fraction of sp³-hybridized carbons (Fsp3) is 0.667. The Morgan fingerprint density at radius 2 is 2.00 bits per heavy atom. The molecule has 4 heteroatoms. The number of pyridine rings is 1. The molecule has 1 atom stereocenters. The van der Waals surface area contributed by atoms with Gasteiger partial charge in [0.2, 0.25) is 0 Å². The second kappa shape index (κ2) is 5.19. The van der Waals surface area contributed by atoms with Gasteiger partial charge in [-0.2, -0.15) is 0 Å². The van der Waals surface area contributed by atoms with Gasteiger partial charge < -0.3 is 4.43 Å². The molecule has 1 aliphatic carbocycles. The molecule has 0 saturated heterocycles. The van der Waals surface area contributed by atoms with Crippen LogP contribution in [-0.4, -0.2) is 13.3 Å². The van der Waals surface area contributed by atoms with Crippen molar-refractivity contribution < 1.29 is 4.43 Å². The average Bonchev–Trinajstić information content (AvgIpc) is 2.26. The molecule has 0 amide bonds. The molecule has 0 aliphatic heterocycles. The molecule has 1 unspecified atom stereocenters. The molecule has 0 aromatic carbocycles. The molecular weight excluding hydrogens is 274 g/mol. The van der Waals surface area contributed by atoms with E-state index in [2.05, 4.69) is 44.9 Å². The second-order valence-electron chi connectivity index (χ2n) is 6.93. The zero-order valence-corrected chi connectivity index (χ0v) is 14.3. The van der Waals surface area contributed by atoms with E-state index in [0.717, 1.165) is 25.0 Å². The zero-order chi connectivity index (χ0) is 14.3. The largest absolute Gasteiger partial charge is 0.410 e. The smallest absolute Gasteiger partial charge is 0.192 e. The van der Waals surface area contributed by atoms with Gasteiger partial charge in [-0.25, -0.2) is 4.98 Å². The van der Waals surface area contributed by atoms with Gasteiger partial charge in [0.25, 0.3) is 0 Å². The van der Waals surface area contributed by atoms with Gasteiger partial charge in [-0.1, -0.05) is 38.4 Å². The van der Waals surface area contributed by atoms with Gasteiger partial charge in [0.1, 0.15) is 5.15 Å². The van der Waals surface area contributed by atoms with Crippen LogP contribution >= 0.6 is 11.6 Å². The molecule has 0 radical (unpaired) electrons. The normalized spacial score (nSPS) is 20.2. The van der Waals surface area contributed by atoms with Crippen molar-refractivity contribution in [3.8, 4) is 0 Å². The first-order valence-electron chi connectivity index (χ1n) is 7.04. The average molecular weight is 298 g/mol. The number of aromatic nitrogens is 1. The summed E-state index contributed by atoms with van der Waals surface area (Å²) in [6.45, 7) is 11.5. The SMILES string of the molecule is CC(C)(C)[Si](C)(C)OC1CCCc2nc(Cl)ccc21. The fourth-order valence-corrected chi connectivity index (χ4v) is 3.72. The maximum absolute atomic E-state index is 6.57. The molecule has 1 heterocycles. The molecule has 0 N–H and O–H groups in total. The molecule has 1 aromatic heterocycles. The third-order valence-corrected chi connectivity index (χ3v) is 9.14. The highest BCUT2D eigenvalue weighted by atomic mass is 35.5. The van der Waals surface area contributed by atoms with Crippen LogP contribution in [0.1, 0.15) is 51.0 Å². The van der Waals surface area contributed by atoms with E-state index in [1.165, 1.54) is 5.56 Å². The first kappa shape index (κ1) is 15.0. The van der Waals surface area contributed by atoms with Crippen LogP contribution < -0.4 is 0 Å². The predicted octanol–water partition coefficient (Wildman–Crippen LogP) is 5.13. The Kier molecular flexibility index (Phi) is 4.10. The van der Waals surface area contributed by atoms with Gasteiger partial charge >= 0.3 is 0 Å². The Morgan fingerprint density at radius 1 is 1.32 bits per heavy atom. The van der Waals surface area contributed by atoms with Gasteiger partial charge in [-0.3, -0.25) is 0 Å². The Hall–Kier alpha value is -0.383. The summed E-state index contributed by atoms with van der Waals surface area (Å²) in [5.41, 5.74) is 2.38. The first-order chi connectivity index (χ1) is 8.71. The molecule has 0 fully saturated rings. The van der Waals surface area contributed by atoms with Crippen LogP contribution in [0.25, 0.3) is 0 Å². The number of nitrogens with zero attached hydrogens (tertiary/aromatic N) is 1. The van der Waals surface area contributed by atoms with Crippen molar-refractivity contribution in [1.29, 1.82) is 0 Å². The fourth-order valence-electron chi connectivity index (χ4n) is 2.24. The second-order valence-corrected chi connectivity index (χ2v) is 12.1. The summed E-state index contributed by atoms with van der Waals surface area (Å²) in [7, 11) is -1.74. The maximum Gasteiger partial charge on any atom is 0.192 e. The zero-order valence-electron chi connectivity index (χ0n) is 12.6. The maximum atomic E-state index is 6.57. The molecule has 0 spiro atoms. The lowest BCUT2D eigenvalue weighted by atomic mass is 9.94. The molecule has 0 bridgehead atoms. The Balaban J connectivity index is 2.25. The summed E-state index contributed by atoms with van der Waals surface area (Å²) in [5, 5.41) is 0.830. The molecular formula is C15H24ClNOSi. The summed E-state index contributed by atoms with van der Waals surface area (Å²) in [5.74, 6) is 0. The van der Waals surface area contributed by atoms with Crippen molar-refractivity contribution in [2.75, 3.05) is 0 Å². The van der Waals surface area contributed by atoms with Gasteiger partial charge in [-0.05, 0) is 43.5 Å². The standard InChI is InChI=1S/C15H24ClNOSi/c1-15(2,3)19(4,5)18-13-8-6-7-12-11(13)9-10-14(16)17-12/h9-10,13H,6-8H2,1-5H3. The van der Waals surface area contributed by atoms with Gasteiger partial charge in [-0.15, -0.1) is 0 Å². The minimum absolute atomic E-state index is 0.203. The quantitative estimate of drug-likeness (QED) is 0.557. The van der Waals surface area contributed by atoms with Crippen LogP contribution in [0.15, 0.2) is 12.1 Å². The molecule has 1 aromatic rings. The Bertz CT molecular complexity index is 468. The van der Waals surface area contributed by atoms with Gasteiger partial charge in [0.15, 0.2) is 8.32 Å². The molecule has 19 heavy (non-hydrogen) atoms. The van der Waals surface area contributed by atoms with Crippen LogP contribution in [0.5, 0.6) is 0 Å². The van der Waals surface area contributed by atoms with E-state index in [0.29, 0.717) is 5.15 Å². The predicted molar refractivity (Wildman–Crippen MR) is 83.2 cm³/mol. The molecule has 0 saturated carbocycles. The highest BCUT2D eigenvalue weighted by Crippen LogP contribution is 2.42. The first-order valence-corrected chi connectivity index (χ1v) is 10.3. The lowest BCUT2D eigenvalue weighted by molar-refractivity contribution is 0.162.